The fourth-order valence-electron chi connectivity index (χ4n) is 3.73. The van der Waals surface area contributed by atoms with Gasteiger partial charge in [0.05, 0.1) is 0 Å². The van der Waals surface area contributed by atoms with Crippen LogP contribution < -0.4 is 0 Å². The monoisotopic (exact) mass is 280 g/mol. The van der Waals surface area contributed by atoms with Crippen LogP contribution in [0.1, 0.15) is 59.8 Å². The number of fused-ring (bicyclic) bond motifs is 2. The van der Waals surface area contributed by atoms with Crippen LogP contribution in [0.15, 0.2) is 0 Å². The molecule has 2 aliphatic rings. The Morgan fingerprint density at radius 1 is 1.05 bits per heavy atom. The SMILES string of the molecule is CC(C)CCCC(=O)N1CC2CCC(C1)N2CC(C)C. The lowest BCUT2D eigenvalue weighted by Gasteiger charge is -2.42. The topological polar surface area (TPSA) is 23.6 Å². The van der Waals surface area contributed by atoms with E-state index < -0.39 is 0 Å². The number of carbonyl (C=O) groups excluding carboxylic acids is 1. The number of rotatable bonds is 6. The normalized spacial score (nSPS) is 26.8. The fourth-order valence-corrected chi connectivity index (χ4v) is 3.73. The maximum atomic E-state index is 12.3. The van der Waals surface area contributed by atoms with Crippen molar-refractivity contribution in [2.45, 2.75) is 71.9 Å². The number of amides is 1. The maximum Gasteiger partial charge on any atom is 0.222 e. The van der Waals surface area contributed by atoms with Crippen molar-refractivity contribution in [1.29, 1.82) is 0 Å². The summed E-state index contributed by atoms with van der Waals surface area (Å²) in [5, 5.41) is 0. The van der Waals surface area contributed by atoms with Crippen LogP contribution in [0.5, 0.6) is 0 Å². The lowest BCUT2D eigenvalue weighted by Crippen LogP contribution is -2.56. The van der Waals surface area contributed by atoms with Crippen LogP contribution in [-0.4, -0.2) is 47.4 Å². The standard InChI is InChI=1S/C17H32N2O/c1-13(2)6-5-7-17(20)18-11-15-8-9-16(12-18)19(15)10-14(3)4/h13-16H,5-12H2,1-4H3. The number of hydrogen-bond donors (Lipinski definition) is 0. The van der Waals surface area contributed by atoms with Gasteiger partial charge in [-0.1, -0.05) is 34.1 Å². The number of hydrogen-bond acceptors (Lipinski definition) is 2. The second kappa shape index (κ2) is 6.93. The summed E-state index contributed by atoms with van der Waals surface area (Å²) in [6, 6.07) is 1.26. The van der Waals surface area contributed by atoms with Gasteiger partial charge in [-0.15, -0.1) is 0 Å². The van der Waals surface area contributed by atoms with Gasteiger partial charge in [0.1, 0.15) is 0 Å². The molecule has 2 fully saturated rings. The van der Waals surface area contributed by atoms with Gasteiger partial charge in [0.15, 0.2) is 0 Å². The lowest BCUT2D eigenvalue weighted by atomic mass is 10.1. The highest BCUT2D eigenvalue weighted by Crippen LogP contribution is 2.31. The van der Waals surface area contributed by atoms with Crippen molar-refractivity contribution in [2.24, 2.45) is 11.8 Å². The Hall–Kier alpha value is -0.570. The van der Waals surface area contributed by atoms with Crippen LogP contribution >= 0.6 is 0 Å². The summed E-state index contributed by atoms with van der Waals surface area (Å²) in [5.41, 5.74) is 0. The van der Waals surface area contributed by atoms with Gasteiger partial charge in [0.2, 0.25) is 5.91 Å². The molecule has 2 unspecified atom stereocenters. The predicted molar refractivity (Wildman–Crippen MR) is 83.6 cm³/mol. The number of carbonyl (C=O) groups is 1. The van der Waals surface area contributed by atoms with E-state index in [9.17, 15) is 4.79 Å². The number of nitrogens with zero attached hydrogens (tertiary/aromatic N) is 2. The van der Waals surface area contributed by atoms with Gasteiger partial charge in [-0.25, -0.2) is 0 Å². The summed E-state index contributed by atoms with van der Waals surface area (Å²) in [4.78, 5) is 17.2. The molecule has 2 saturated heterocycles. The highest BCUT2D eigenvalue weighted by Gasteiger charge is 2.40. The molecule has 2 atom stereocenters. The third kappa shape index (κ3) is 3.97. The Balaban J connectivity index is 1.81. The van der Waals surface area contributed by atoms with Gasteiger partial charge in [-0.05, 0) is 31.1 Å². The molecule has 0 aromatic carbocycles. The van der Waals surface area contributed by atoms with Crippen molar-refractivity contribution < 1.29 is 4.79 Å². The summed E-state index contributed by atoms with van der Waals surface area (Å²) < 4.78 is 0. The zero-order valence-electron chi connectivity index (χ0n) is 13.8. The van der Waals surface area contributed by atoms with Crippen LogP contribution in [0.4, 0.5) is 0 Å². The van der Waals surface area contributed by atoms with E-state index in [1.54, 1.807) is 0 Å². The van der Waals surface area contributed by atoms with Crippen LogP contribution in [-0.2, 0) is 4.79 Å². The molecule has 3 heteroatoms. The molecule has 2 bridgehead atoms. The molecule has 0 aromatic heterocycles. The Morgan fingerprint density at radius 3 is 2.15 bits per heavy atom. The van der Waals surface area contributed by atoms with Gasteiger partial charge in [0.25, 0.3) is 0 Å². The summed E-state index contributed by atoms with van der Waals surface area (Å²) in [6.07, 6.45) is 5.55. The highest BCUT2D eigenvalue weighted by atomic mass is 16.2. The minimum atomic E-state index is 0.395. The smallest absolute Gasteiger partial charge is 0.222 e. The Morgan fingerprint density at radius 2 is 1.65 bits per heavy atom. The second-order valence-electron chi connectivity index (χ2n) is 7.56. The molecule has 0 radical (unpaired) electrons. The molecule has 0 N–H and O–H groups in total. The third-order valence-electron chi connectivity index (χ3n) is 4.73. The first kappa shape index (κ1) is 15.8. The average molecular weight is 280 g/mol. The average Bonchev–Trinajstić information content (AvgIpc) is 2.61. The molecule has 0 aromatic rings. The molecule has 2 rings (SSSR count). The largest absolute Gasteiger partial charge is 0.340 e. The van der Waals surface area contributed by atoms with E-state index in [0.717, 1.165) is 31.8 Å². The van der Waals surface area contributed by atoms with Crippen molar-refractivity contribution in [1.82, 2.24) is 9.80 Å². The summed E-state index contributed by atoms with van der Waals surface area (Å²) in [6.45, 7) is 12.2. The molecule has 0 saturated carbocycles. The lowest BCUT2D eigenvalue weighted by molar-refractivity contribution is -0.134. The van der Waals surface area contributed by atoms with Crippen LogP contribution in [0.3, 0.4) is 0 Å². The Labute approximate surface area is 124 Å². The van der Waals surface area contributed by atoms with Gasteiger partial charge < -0.3 is 4.90 Å². The van der Waals surface area contributed by atoms with Gasteiger partial charge in [0, 0.05) is 38.1 Å². The third-order valence-corrected chi connectivity index (χ3v) is 4.73. The predicted octanol–water partition coefficient (Wildman–Crippen LogP) is 3.14. The number of piperazine rings is 1. The van der Waals surface area contributed by atoms with Crippen molar-refractivity contribution in [3.63, 3.8) is 0 Å². The van der Waals surface area contributed by atoms with Gasteiger partial charge in [-0.2, -0.15) is 0 Å². The summed E-state index contributed by atoms with van der Waals surface area (Å²) >= 11 is 0. The van der Waals surface area contributed by atoms with Crippen molar-refractivity contribution >= 4 is 5.91 Å². The zero-order valence-corrected chi connectivity index (χ0v) is 13.8. The van der Waals surface area contributed by atoms with E-state index in [0.29, 0.717) is 23.9 Å². The second-order valence-corrected chi connectivity index (χ2v) is 7.56. The molecule has 3 nitrogen and oxygen atoms in total. The van der Waals surface area contributed by atoms with E-state index in [1.165, 1.54) is 25.8 Å². The molecule has 0 spiro atoms. The summed E-state index contributed by atoms with van der Waals surface area (Å²) in [5.74, 6) is 1.83. The Kier molecular flexibility index (Phi) is 5.48. The maximum absolute atomic E-state index is 12.3. The quantitative estimate of drug-likeness (QED) is 0.746. The van der Waals surface area contributed by atoms with E-state index in [2.05, 4.69) is 37.5 Å². The first-order chi connectivity index (χ1) is 9.47. The van der Waals surface area contributed by atoms with Crippen molar-refractivity contribution in [3.05, 3.63) is 0 Å². The molecular formula is C17H32N2O. The molecular weight excluding hydrogens is 248 g/mol. The fraction of sp³-hybridized carbons (Fsp3) is 0.941. The van der Waals surface area contributed by atoms with E-state index >= 15 is 0 Å². The van der Waals surface area contributed by atoms with Crippen LogP contribution in [0.2, 0.25) is 0 Å². The molecule has 1 amide bonds. The minimum absolute atomic E-state index is 0.395. The zero-order chi connectivity index (χ0) is 14.7. The molecule has 2 aliphatic heterocycles. The first-order valence-electron chi connectivity index (χ1n) is 8.51. The van der Waals surface area contributed by atoms with Crippen molar-refractivity contribution in [3.8, 4) is 0 Å². The van der Waals surface area contributed by atoms with Gasteiger partial charge in [-0.3, -0.25) is 9.69 Å². The number of likely N-dealkylation sites (tertiary alicyclic amines) is 1. The van der Waals surface area contributed by atoms with Crippen LogP contribution in [0, 0.1) is 11.8 Å². The molecule has 0 aliphatic carbocycles. The van der Waals surface area contributed by atoms with E-state index in [4.69, 9.17) is 0 Å². The molecule has 116 valence electrons. The minimum Gasteiger partial charge on any atom is -0.340 e. The van der Waals surface area contributed by atoms with Gasteiger partial charge >= 0.3 is 0 Å². The molecule has 2 heterocycles. The van der Waals surface area contributed by atoms with Crippen LogP contribution in [0.25, 0.3) is 0 Å². The molecule has 20 heavy (non-hydrogen) atoms. The first-order valence-corrected chi connectivity index (χ1v) is 8.51. The summed E-state index contributed by atoms with van der Waals surface area (Å²) in [7, 11) is 0. The van der Waals surface area contributed by atoms with E-state index in [1.807, 2.05) is 0 Å². The van der Waals surface area contributed by atoms with E-state index in [-0.39, 0.29) is 0 Å². The Bertz CT molecular complexity index is 313. The van der Waals surface area contributed by atoms with Crippen molar-refractivity contribution in [2.75, 3.05) is 19.6 Å². The highest BCUT2D eigenvalue weighted by molar-refractivity contribution is 5.76.